The number of hydroxylamine groups is 1. The van der Waals surface area contributed by atoms with E-state index in [4.69, 9.17) is 5.21 Å². The van der Waals surface area contributed by atoms with Crippen molar-refractivity contribution in [2.75, 3.05) is 6.54 Å². The van der Waals surface area contributed by atoms with E-state index in [0.29, 0.717) is 19.4 Å². The molecule has 0 bridgehead atoms. The number of rotatable bonds is 6. The van der Waals surface area contributed by atoms with Gasteiger partial charge < -0.3 is 4.90 Å². The molecule has 1 aliphatic rings. The SMILES string of the molecule is Cc1ccc(C2(C)CCN(C(CC(=O)NO)Cc3ccccc3)C2=O)cc1. The van der Waals surface area contributed by atoms with E-state index in [0.717, 1.165) is 16.7 Å². The van der Waals surface area contributed by atoms with Gasteiger partial charge in [0.05, 0.1) is 5.41 Å². The van der Waals surface area contributed by atoms with Gasteiger partial charge in [-0.2, -0.15) is 0 Å². The zero-order chi connectivity index (χ0) is 19.4. The van der Waals surface area contributed by atoms with E-state index in [9.17, 15) is 9.59 Å². The molecule has 0 aromatic heterocycles. The minimum atomic E-state index is -0.585. The van der Waals surface area contributed by atoms with Crippen molar-refractivity contribution < 1.29 is 14.8 Å². The highest BCUT2D eigenvalue weighted by molar-refractivity contribution is 5.90. The normalized spacial score (nSPS) is 20.6. The van der Waals surface area contributed by atoms with E-state index in [2.05, 4.69) is 0 Å². The summed E-state index contributed by atoms with van der Waals surface area (Å²) in [6.07, 6.45) is 1.35. The maximum Gasteiger partial charge on any atom is 0.245 e. The molecule has 0 aliphatic carbocycles. The van der Waals surface area contributed by atoms with Crippen LogP contribution in [0.3, 0.4) is 0 Å². The smallest absolute Gasteiger partial charge is 0.245 e. The molecule has 1 aliphatic heterocycles. The first-order valence-electron chi connectivity index (χ1n) is 9.29. The maximum absolute atomic E-state index is 13.3. The number of aryl methyl sites for hydroxylation is 1. The number of likely N-dealkylation sites (tertiary alicyclic amines) is 1. The Morgan fingerprint density at radius 1 is 1.19 bits per heavy atom. The summed E-state index contributed by atoms with van der Waals surface area (Å²) in [5, 5.41) is 8.96. The van der Waals surface area contributed by atoms with E-state index in [-0.39, 0.29) is 18.4 Å². The predicted molar refractivity (Wildman–Crippen MR) is 103 cm³/mol. The second kappa shape index (κ2) is 7.92. The number of carbonyl (C=O) groups is 2. The van der Waals surface area contributed by atoms with E-state index in [1.54, 1.807) is 5.48 Å². The standard InChI is InChI=1S/C22H26N2O3/c1-16-8-10-18(11-9-16)22(2)12-13-24(21(22)26)19(15-20(25)23-27)14-17-6-4-3-5-7-17/h3-11,19,27H,12-15H2,1-2H3,(H,23,25). The first kappa shape index (κ1) is 19.1. The van der Waals surface area contributed by atoms with E-state index < -0.39 is 11.3 Å². The Hall–Kier alpha value is -2.66. The van der Waals surface area contributed by atoms with Gasteiger partial charge in [0.1, 0.15) is 0 Å². The quantitative estimate of drug-likeness (QED) is 0.610. The lowest BCUT2D eigenvalue weighted by Gasteiger charge is -2.30. The number of nitrogens with zero attached hydrogens (tertiary/aromatic N) is 1. The van der Waals surface area contributed by atoms with E-state index >= 15 is 0 Å². The van der Waals surface area contributed by atoms with Crippen molar-refractivity contribution in [2.24, 2.45) is 0 Å². The summed E-state index contributed by atoms with van der Waals surface area (Å²) in [4.78, 5) is 27.0. The molecule has 5 heteroatoms. The highest BCUT2D eigenvalue weighted by atomic mass is 16.5. The highest BCUT2D eigenvalue weighted by Gasteiger charge is 2.46. The van der Waals surface area contributed by atoms with Crippen LogP contribution >= 0.6 is 0 Å². The van der Waals surface area contributed by atoms with E-state index in [1.165, 1.54) is 0 Å². The number of hydrogen-bond acceptors (Lipinski definition) is 3. The molecule has 142 valence electrons. The summed E-state index contributed by atoms with van der Waals surface area (Å²) in [5.41, 5.74) is 4.34. The van der Waals surface area contributed by atoms with Gasteiger partial charge in [-0.1, -0.05) is 60.2 Å². The first-order valence-corrected chi connectivity index (χ1v) is 9.29. The molecule has 2 atom stereocenters. The van der Waals surface area contributed by atoms with Crippen LogP contribution in [0.2, 0.25) is 0 Å². The molecule has 0 radical (unpaired) electrons. The van der Waals surface area contributed by atoms with Gasteiger partial charge in [0.25, 0.3) is 0 Å². The van der Waals surface area contributed by atoms with Crippen LogP contribution in [-0.4, -0.2) is 34.5 Å². The Labute approximate surface area is 160 Å². The molecule has 1 fully saturated rings. The maximum atomic E-state index is 13.3. The largest absolute Gasteiger partial charge is 0.338 e. The average Bonchev–Trinajstić information content (AvgIpc) is 2.98. The van der Waals surface area contributed by atoms with Crippen LogP contribution in [0, 0.1) is 6.92 Å². The number of hydrogen-bond donors (Lipinski definition) is 2. The van der Waals surface area contributed by atoms with Crippen molar-refractivity contribution in [3.63, 3.8) is 0 Å². The summed E-state index contributed by atoms with van der Waals surface area (Å²) in [6, 6.07) is 17.6. The number of carbonyl (C=O) groups excluding carboxylic acids is 2. The summed E-state index contributed by atoms with van der Waals surface area (Å²) < 4.78 is 0. The van der Waals surface area contributed by atoms with Crippen molar-refractivity contribution in [2.45, 2.75) is 44.6 Å². The Balaban J connectivity index is 1.85. The highest BCUT2D eigenvalue weighted by Crippen LogP contribution is 2.37. The zero-order valence-corrected chi connectivity index (χ0v) is 15.8. The molecule has 2 aromatic rings. The lowest BCUT2D eigenvalue weighted by molar-refractivity contribution is -0.136. The third-order valence-corrected chi connectivity index (χ3v) is 5.57. The molecular weight excluding hydrogens is 340 g/mol. The Morgan fingerprint density at radius 2 is 1.85 bits per heavy atom. The van der Waals surface area contributed by atoms with Crippen LogP contribution in [-0.2, 0) is 21.4 Å². The number of benzene rings is 2. The third-order valence-electron chi connectivity index (χ3n) is 5.57. The predicted octanol–water partition coefficient (Wildman–Crippen LogP) is 2.99. The molecule has 3 rings (SSSR count). The van der Waals surface area contributed by atoms with Gasteiger partial charge in [0, 0.05) is 19.0 Å². The Bertz CT molecular complexity index is 804. The fourth-order valence-corrected chi connectivity index (χ4v) is 3.85. The van der Waals surface area contributed by atoms with Crippen molar-refractivity contribution in [1.82, 2.24) is 10.4 Å². The minimum absolute atomic E-state index is 0.0398. The van der Waals surface area contributed by atoms with Gasteiger partial charge in [-0.25, -0.2) is 5.48 Å². The fraction of sp³-hybridized carbons (Fsp3) is 0.364. The van der Waals surface area contributed by atoms with Gasteiger partial charge in [0.15, 0.2) is 0 Å². The zero-order valence-electron chi connectivity index (χ0n) is 15.8. The lowest BCUT2D eigenvalue weighted by Crippen LogP contribution is -2.44. The molecule has 1 saturated heterocycles. The topological polar surface area (TPSA) is 69.6 Å². The molecule has 27 heavy (non-hydrogen) atoms. The van der Waals surface area contributed by atoms with Crippen LogP contribution < -0.4 is 5.48 Å². The molecule has 2 N–H and O–H groups in total. The van der Waals surface area contributed by atoms with Crippen molar-refractivity contribution in [1.29, 1.82) is 0 Å². The van der Waals surface area contributed by atoms with Crippen LogP contribution in [0.25, 0.3) is 0 Å². The van der Waals surface area contributed by atoms with Crippen LogP contribution in [0.15, 0.2) is 54.6 Å². The molecule has 2 unspecified atom stereocenters. The van der Waals surface area contributed by atoms with Gasteiger partial charge in [-0.05, 0) is 37.8 Å². The number of nitrogens with one attached hydrogen (secondary N) is 1. The Morgan fingerprint density at radius 3 is 2.48 bits per heavy atom. The van der Waals surface area contributed by atoms with Crippen LogP contribution in [0.1, 0.15) is 36.5 Å². The Kier molecular flexibility index (Phi) is 5.61. The van der Waals surface area contributed by atoms with Gasteiger partial charge in [0.2, 0.25) is 11.8 Å². The summed E-state index contributed by atoms with van der Waals surface area (Å²) in [7, 11) is 0. The third kappa shape index (κ3) is 4.03. The van der Waals surface area contributed by atoms with Crippen LogP contribution in [0.4, 0.5) is 0 Å². The number of amides is 2. The van der Waals surface area contributed by atoms with Crippen molar-refractivity contribution >= 4 is 11.8 Å². The molecule has 1 heterocycles. The van der Waals surface area contributed by atoms with Gasteiger partial charge in [-0.3, -0.25) is 14.8 Å². The van der Waals surface area contributed by atoms with Crippen LogP contribution in [0.5, 0.6) is 0 Å². The molecule has 0 saturated carbocycles. The summed E-state index contributed by atoms with van der Waals surface area (Å²) in [6.45, 7) is 4.60. The minimum Gasteiger partial charge on any atom is -0.338 e. The summed E-state index contributed by atoms with van der Waals surface area (Å²) in [5.74, 6) is -0.439. The lowest BCUT2D eigenvalue weighted by atomic mass is 9.81. The second-order valence-electron chi connectivity index (χ2n) is 7.53. The van der Waals surface area contributed by atoms with E-state index in [1.807, 2.05) is 73.3 Å². The molecule has 0 spiro atoms. The summed E-state index contributed by atoms with van der Waals surface area (Å²) >= 11 is 0. The molecule has 2 aromatic carbocycles. The average molecular weight is 366 g/mol. The fourth-order valence-electron chi connectivity index (χ4n) is 3.85. The molecule has 2 amide bonds. The van der Waals surface area contributed by atoms with Crippen molar-refractivity contribution in [3.8, 4) is 0 Å². The molecular formula is C22H26N2O3. The van der Waals surface area contributed by atoms with Gasteiger partial charge >= 0.3 is 0 Å². The van der Waals surface area contributed by atoms with Crippen molar-refractivity contribution in [3.05, 3.63) is 71.3 Å². The molecule has 5 nitrogen and oxygen atoms in total. The van der Waals surface area contributed by atoms with Gasteiger partial charge in [-0.15, -0.1) is 0 Å². The first-order chi connectivity index (χ1) is 12.9. The monoisotopic (exact) mass is 366 g/mol. The second-order valence-corrected chi connectivity index (χ2v) is 7.53.